The van der Waals surface area contributed by atoms with Crippen molar-refractivity contribution in [2.75, 3.05) is 13.2 Å². The van der Waals surface area contributed by atoms with Gasteiger partial charge in [-0.3, -0.25) is 9.59 Å². The van der Waals surface area contributed by atoms with Crippen LogP contribution in [0.1, 0.15) is 40.3 Å². The first-order chi connectivity index (χ1) is 14.7. The number of nitrogens with two attached hydrogens (primary N) is 2. The average molecular weight is 438 g/mol. The van der Waals surface area contributed by atoms with E-state index < -0.39 is 35.1 Å². The summed E-state index contributed by atoms with van der Waals surface area (Å²) in [6.07, 6.45) is 0.189. The maximum atomic E-state index is 13.8. The van der Waals surface area contributed by atoms with Crippen LogP contribution in [0.5, 0.6) is 5.75 Å². The number of benzene rings is 1. The number of aromatic nitrogens is 1. The zero-order valence-corrected chi connectivity index (χ0v) is 17.1. The van der Waals surface area contributed by atoms with Gasteiger partial charge in [0.05, 0.1) is 25.9 Å². The highest BCUT2D eigenvalue weighted by Crippen LogP contribution is 2.18. The number of carbonyl (C=O) groups excluding carboxylic acids is 2. The van der Waals surface area contributed by atoms with Crippen LogP contribution < -0.4 is 26.9 Å². The highest BCUT2D eigenvalue weighted by molar-refractivity contribution is 5.96. The van der Waals surface area contributed by atoms with Crippen molar-refractivity contribution in [3.8, 4) is 5.75 Å². The molecule has 0 aliphatic rings. The Morgan fingerprint density at radius 3 is 2.48 bits per heavy atom. The molecule has 0 spiro atoms. The zero-order valence-electron chi connectivity index (χ0n) is 17.1. The van der Waals surface area contributed by atoms with Gasteiger partial charge in [-0.2, -0.15) is 0 Å². The zero-order chi connectivity index (χ0) is 23.1. The van der Waals surface area contributed by atoms with Crippen molar-refractivity contribution >= 4 is 11.9 Å². The maximum absolute atomic E-state index is 13.8. The molecule has 31 heavy (non-hydrogen) atoms. The molecule has 1 heterocycles. The lowest BCUT2D eigenvalue weighted by atomic mass is 10.1. The first-order valence-corrected chi connectivity index (χ1v) is 9.50. The van der Waals surface area contributed by atoms with Gasteiger partial charge in [0, 0.05) is 24.4 Å². The van der Waals surface area contributed by atoms with E-state index in [1.54, 1.807) is 13.8 Å². The molecule has 11 heteroatoms. The number of hydrogen-bond donors (Lipinski definition) is 3. The third-order valence-electron chi connectivity index (χ3n) is 4.10. The van der Waals surface area contributed by atoms with Gasteiger partial charge in [0.15, 0.2) is 11.4 Å². The quantitative estimate of drug-likeness (QED) is 0.390. The van der Waals surface area contributed by atoms with Gasteiger partial charge in [0.2, 0.25) is 5.43 Å². The van der Waals surface area contributed by atoms with Crippen molar-refractivity contribution in [1.29, 1.82) is 0 Å². The lowest BCUT2D eigenvalue weighted by Gasteiger charge is -2.19. The van der Waals surface area contributed by atoms with E-state index in [0.717, 1.165) is 12.3 Å². The van der Waals surface area contributed by atoms with Gasteiger partial charge >= 0.3 is 5.97 Å². The van der Waals surface area contributed by atoms with Crippen LogP contribution in [0.25, 0.3) is 0 Å². The highest BCUT2D eigenvalue weighted by Gasteiger charge is 2.27. The third kappa shape index (κ3) is 5.86. The molecule has 1 amide bonds. The molecule has 0 aliphatic heterocycles. The Balaban J connectivity index is 2.48. The minimum atomic E-state index is -0.922. The largest absolute Gasteiger partial charge is 0.488 e. The number of hydrogen-bond acceptors (Lipinski definition) is 7. The molecule has 0 aliphatic carbocycles. The second-order valence-electron chi connectivity index (χ2n) is 6.44. The topological polar surface area (TPSA) is 139 Å². The lowest BCUT2D eigenvalue weighted by Crippen LogP contribution is -2.38. The number of rotatable bonds is 9. The second-order valence-corrected chi connectivity index (χ2v) is 6.44. The molecule has 2 aromatic rings. The summed E-state index contributed by atoms with van der Waals surface area (Å²) in [4.78, 5) is 38.0. The van der Waals surface area contributed by atoms with E-state index >= 15 is 0 Å². The van der Waals surface area contributed by atoms with Gasteiger partial charge in [-0.25, -0.2) is 13.6 Å². The average Bonchev–Trinajstić information content (AvgIpc) is 2.69. The first kappa shape index (κ1) is 24.0. The summed E-state index contributed by atoms with van der Waals surface area (Å²) in [6, 6.07) is 2.89. The van der Waals surface area contributed by atoms with Gasteiger partial charge in [0.25, 0.3) is 5.91 Å². The number of nitrogens with one attached hydrogen (secondary N) is 1. The van der Waals surface area contributed by atoms with E-state index in [9.17, 15) is 23.2 Å². The minimum absolute atomic E-state index is 0.0206. The molecule has 2 rings (SSSR count). The molecule has 9 nitrogen and oxygen atoms in total. The summed E-state index contributed by atoms with van der Waals surface area (Å²) >= 11 is 0. The van der Waals surface area contributed by atoms with Crippen molar-refractivity contribution in [2.24, 2.45) is 11.5 Å². The predicted octanol–water partition coefficient (Wildman–Crippen LogP) is 0.875. The fourth-order valence-corrected chi connectivity index (χ4v) is 2.80. The maximum Gasteiger partial charge on any atom is 0.359 e. The highest BCUT2D eigenvalue weighted by atomic mass is 19.1. The summed E-state index contributed by atoms with van der Waals surface area (Å²) in [7, 11) is 0. The number of esters is 1. The Kier molecular flexibility index (Phi) is 8.22. The van der Waals surface area contributed by atoms with Gasteiger partial charge in [-0.15, -0.1) is 0 Å². The molecule has 0 atom stereocenters. The van der Waals surface area contributed by atoms with Crippen LogP contribution in [0.3, 0.4) is 0 Å². The number of carbonyl (C=O) groups is 2. The number of nitrogens with zero attached hydrogens (tertiary/aromatic N) is 1. The standard InChI is InChI=1S/C20H24F2N4O5/c1-3-30-18-16(20(29)31-4-2)26(10-15(23)24)9-13(17(18)27)19(28)25-8-11-5-6-12(21)7-14(11)22/h5-7,9,15H,3-4,8,10,23-24H2,1-2H3,(H,25,28). The van der Waals surface area contributed by atoms with Crippen molar-refractivity contribution < 1.29 is 27.8 Å². The molecule has 0 saturated carbocycles. The van der Waals surface area contributed by atoms with Gasteiger partial charge in [0.1, 0.15) is 17.2 Å². The first-order valence-electron chi connectivity index (χ1n) is 9.50. The molecular weight excluding hydrogens is 414 g/mol. The van der Waals surface area contributed by atoms with Crippen LogP contribution in [-0.4, -0.2) is 35.8 Å². The Bertz CT molecular complexity index is 1020. The number of pyridine rings is 1. The number of halogens is 2. The summed E-state index contributed by atoms with van der Waals surface area (Å²) < 4.78 is 38.4. The van der Waals surface area contributed by atoms with Crippen LogP contribution in [0, 0.1) is 11.6 Å². The van der Waals surface area contributed by atoms with E-state index in [4.69, 9.17) is 20.9 Å². The summed E-state index contributed by atoms with van der Waals surface area (Å²) in [5, 5.41) is 2.39. The second kappa shape index (κ2) is 10.6. The van der Waals surface area contributed by atoms with E-state index in [1.165, 1.54) is 10.6 Å². The smallest absolute Gasteiger partial charge is 0.359 e. The molecule has 0 fully saturated rings. The Hall–Kier alpha value is -3.31. The fraction of sp³-hybridized carbons (Fsp3) is 0.350. The van der Waals surface area contributed by atoms with Crippen LogP contribution in [0.2, 0.25) is 0 Å². The molecule has 0 saturated heterocycles. The van der Waals surface area contributed by atoms with Crippen LogP contribution in [0.4, 0.5) is 8.78 Å². The van der Waals surface area contributed by atoms with E-state index in [2.05, 4.69) is 5.32 Å². The van der Waals surface area contributed by atoms with E-state index in [-0.39, 0.29) is 48.9 Å². The SMILES string of the molecule is CCOC(=O)c1c(OCC)c(=O)c(C(=O)NCc2ccc(F)cc2F)cn1CC(N)N. The molecule has 0 bridgehead atoms. The summed E-state index contributed by atoms with van der Waals surface area (Å²) in [5.74, 6) is -3.69. The number of ether oxygens (including phenoxy) is 2. The summed E-state index contributed by atoms with van der Waals surface area (Å²) in [6.45, 7) is 2.83. The molecule has 5 N–H and O–H groups in total. The van der Waals surface area contributed by atoms with Crippen molar-refractivity contribution in [1.82, 2.24) is 9.88 Å². The molecular formula is C20H24F2N4O5. The van der Waals surface area contributed by atoms with Gasteiger partial charge < -0.3 is 30.8 Å². The third-order valence-corrected chi connectivity index (χ3v) is 4.10. The fourth-order valence-electron chi connectivity index (χ4n) is 2.80. The molecule has 0 unspecified atom stereocenters. The van der Waals surface area contributed by atoms with Crippen molar-refractivity contribution in [3.63, 3.8) is 0 Å². The van der Waals surface area contributed by atoms with E-state index in [0.29, 0.717) is 6.07 Å². The Morgan fingerprint density at radius 1 is 1.19 bits per heavy atom. The predicted molar refractivity (Wildman–Crippen MR) is 108 cm³/mol. The lowest BCUT2D eigenvalue weighted by molar-refractivity contribution is 0.0505. The minimum Gasteiger partial charge on any atom is -0.488 e. The molecule has 1 aromatic heterocycles. The van der Waals surface area contributed by atoms with Gasteiger partial charge in [-0.1, -0.05) is 6.07 Å². The monoisotopic (exact) mass is 438 g/mol. The van der Waals surface area contributed by atoms with Crippen molar-refractivity contribution in [2.45, 2.75) is 33.1 Å². The summed E-state index contributed by atoms with van der Waals surface area (Å²) in [5.41, 5.74) is 9.83. The van der Waals surface area contributed by atoms with Gasteiger partial charge in [-0.05, 0) is 19.9 Å². The molecule has 1 aromatic carbocycles. The van der Waals surface area contributed by atoms with E-state index in [1.807, 2.05) is 0 Å². The Morgan fingerprint density at radius 2 is 1.90 bits per heavy atom. The molecule has 0 radical (unpaired) electrons. The number of amides is 1. The Labute approximate surface area is 176 Å². The molecule has 168 valence electrons. The van der Waals surface area contributed by atoms with Crippen LogP contribution in [0.15, 0.2) is 29.2 Å². The van der Waals surface area contributed by atoms with Crippen LogP contribution in [-0.2, 0) is 17.8 Å². The van der Waals surface area contributed by atoms with Crippen molar-refractivity contribution in [3.05, 3.63) is 63.1 Å². The van der Waals surface area contributed by atoms with Crippen LogP contribution >= 0.6 is 0 Å². The normalized spacial score (nSPS) is 10.8.